The summed E-state index contributed by atoms with van der Waals surface area (Å²) in [6.07, 6.45) is 1.39. The third-order valence-electron chi connectivity index (χ3n) is 3.87. The van der Waals surface area contributed by atoms with Gasteiger partial charge in [-0.1, -0.05) is 6.92 Å². The number of hydrogen-bond acceptors (Lipinski definition) is 3. The van der Waals surface area contributed by atoms with Crippen molar-refractivity contribution in [2.75, 3.05) is 13.1 Å². The number of piperidine rings is 1. The van der Waals surface area contributed by atoms with Crippen LogP contribution >= 0.6 is 0 Å². The number of carbonyl (C=O) groups excluding carboxylic acids is 1. The van der Waals surface area contributed by atoms with Crippen LogP contribution in [0.15, 0.2) is 6.07 Å². The minimum Gasteiger partial charge on any atom is -0.503 e. The molecule has 1 aromatic rings. The lowest BCUT2D eigenvalue weighted by atomic mass is 9.92. The summed E-state index contributed by atoms with van der Waals surface area (Å²) in [5.74, 6) is -6.50. The van der Waals surface area contributed by atoms with Crippen LogP contribution in [0.4, 0.5) is 13.2 Å². The summed E-state index contributed by atoms with van der Waals surface area (Å²) in [7, 11) is 0. The highest BCUT2D eigenvalue weighted by Crippen LogP contribution is 2.29. The average Bonchev–Trinajstić information content (AvgIpc) is 2.48. The van der Waals surface area contributed by atoms with Crippen LogP contribution < -0.4 is 5.73 Å². The maximum absolute atomic E-state index is 13.8. The molecule has 0 spiro atoms. The predicted octanol–water partition coefficient (Wildman–Crippen LogP) is 2.01. The molecule has 0 radical (unpaired) electrons. The second-order valence-corrected chi connectivity index (χ2v) is 5.40. The van der Waals surface area contributed by atoms with Gasteiger partial charge in [-0.25, -0.2) is 8.78 Å². The summed E-state index contributed by atoms with van der Waals surface area (Å²) >= 11 is 0. The zero-order chi connectivity index (χ0) is 15.7. The lowest BCUT2D eigenvalue weighted by Gasteiger charge is -2.38. The van der Waals surface area contributed by atoms with Gasteiger partial charge in [-0.2, -0.15) is 4.39 Å². The van der Waals surface area contributed by atoms with Crippen molar-refractivity contribution in [1.29, 1.82) is 0 Å². The number of nitrogens with two attached hydrogens (primary N) is 1. The number of carbonyl (C=O) groups is 1. The second-order valence-electron chi connectivity index (χ2n) is 5.40. The molecule has 4 nitrogen and oxygen atoms in total. The maximum Gasteiger partial charge on any atom is 0.257 e. The van der Waals surface area contributed by atoms with E-state index in [4.69, 9.17) is 5.73 Å². The van der Waals surface area contributed by atoms with E-state index < -0.39 is 34.7 Å². The molecule has 1 aliphatic heterocycles. The summed E-state index contributed by atoms with van der Waals surface area (Å²) in [5.41, 5.74) is 4.94. The number of phenolic OH excluding ortho intramolecular Hbond substituents is 1. The highest BCUT2D eigenvalue weighted by molar-refractivity contribution is 5.95. The van der Waals surface area contributed by atoms with Gasteiger partial charge in [0.1, 0.15) is 0 Å². The molecule has 1 heterocycles. The number of halogens is 3. The quantitative estimate of drug-likeness (QED) is 0.821. The molecule has 116 valence electrons. The van der Waals surface area contributed by atoms with E-state index in [1.165, 1.54) is 4.90 Å². The van der Waals surface area contributed by atoms with E-state index in [1.807, 2.05) is 6.92 Å². The van der Waals surface area contributed by atoms with Crippen molar-refractivity contribution in [2.45, 2.75) is 25.8 Å². The van der Waals surface area contributed by atoms with Crippen molar-refractivity contribution in [2.24, 2.45) is 11.7 Å². The van der Waals surface area contributed by atoms with Crippen LogP contribution in [0, 0.1) is 23.4 Å². The molecule has 1 saturated heterocycles. The Balaban J connectivity index is 2.36. The van der Waals surface area contributed by atoms with E-state index in [9.17, 15) is 23.1 Å². The van der Waals surface area contributed by atoms with Gasteiger partial charge in [0.2, 0.25) is 5.82 Å². The molecule has 2 unspecified atom stereocenters. The van der Waals surface area contributed by atoms with Crippen molar-refractivity contribution >= 4 is 5.91 Å². The zero-order valence-electron chi connectivity index (χ0n) is 11.6. The van der Waals surface area contributed by atoms with Gasteiger partial charge >= 0.3 is 0 Å². The molecule has 1 fully saturated rings. The molecule has 0 aromatic heterocycles. The van der Waals surface area contributed by atoms with Gasteiger partial charge in [0.15, 0.2) is 17.4 Å². The van der Waals surface area contributed by atoms with Gasteiger partial charge in [0.05, 0.1) is 5.56 Å². The van der Waals surface area contributed by atoms with Gasteiger partial charge in [-0.05, 0) is 24.8 Å². The Morgan fingerprint density at radius 1 is 1.43 bits per heavy atom. The van der Waals surface area contributed by atoms with E-state index in [0.29, 0.717) is 24.9 Å². The van der Waals surface area contributed by atoms with E-state index in [2.05, 4.69) is 0 Å². The lowest BCUT2D eigenvalue weighted by Crippen LogP contribution is -2.49. The number of amides is 1. The number of hydrogen-bond donors (Lipinski definition) is 2. The summed E-state index contributed by atoms with van der Waals surface area (Å²) in [4.78, 5) is 13.7. The van der Waals surface area contributed by atoms with Crippen LogP contribution in [0.2, 0.25) is 0 Å². The number of likely N-dealkylation sites (tertiary alicyclic amines) is 1. The molecular formula is C14H17F3N2O2. The van der Waals surface area contributed by atoms with Crippen molar-refractivity contribution in [3.8, 4) is 5.75 Å². The van der Waals surface area contributed by atoms with E-state index in [1.54, 1.807) is 0 Å². The standard InChI is InChI=1S/C14H17F3N2O2/c1-7-2-3-19(8(4-7)6-18)14(21)9-5-10(15)12(17)13(20)11(9)16/h5,7-8,20H,2-4,6,18H2,1H3. The molecular weight excluding hydrogens is 285 g/mol. The van der Waals surface area contributed by atoms with Crippen molar-refractivity contribution < 1.29 is 23.1 Å². The van der Waals surface area contributed by atoms with Gasteiger partial charge in [-0.15, -0.1) is 0 Å². The fraction of sp³-hybridized carbons (Fsp3) is 0.500. The normalized spacial score (nSPS) is 22.4. The van der Waals surface area contributed by atoms with E-state index >= 15 is 0 Å². The van der Waals surface area contributed by atoms with E-state index in [0.717, 1.165) is 6.42 Å². The highest BCUT2D eigenvalue weighted by atomic mass is 19.2. The Morgan fingerprint density at radius 2 is 2.10 bits per heavy atom. The number of benzene rings is 1. The molecule has 21 heavy (non-hydrogen) atoms. The summed E-state index contributed by atoms with van der Waals surface area (Å²) in [5, 5.41) is 9.19. The first-order chi connectivity index (χ1) is 9.86. The number of nitrogens with zero attached hydrogens (tertiary/aromatic N) is 1. The molecule has 1 aliphatic rings. The minimum absolute atomic E-state index is 0.202. The molecule has 1 amide bonds. The molecule has 0 saturated carbocycles. The van der Waals surface area contributed by atoms with Crippen LogP contribution in [0.5, 0.6) is 5.75 Å². The van der Waals surface area contributed by atoms with Crippen LogP contribution in [-0.4, -0.2) is 35.0 Å². The van der Waals surface area contributed by atoms with E-state index in [-0.39, 0.29) is 12.6 Å². The minimum atomic E-state index is -1.70. The van der Waals surface area contributed by atoms with Gasteiger partial charge in [0, 0.05) is 19.1 Å². The first kappa shape index (κ1) is 15.6. The Morgan fingerprint density at radius 3 is 2.71 bits per heavy atom. The van der Waals surface area contributed by atoms with Crippen molar-refractivity contribution in [3.63, 3.8) is 0 Å². The number of aromatic hydroxyl groups is 1. The number of phenols is 1. The smallest absolute Gasteiger partial charge is 0.257 e. The summed E-state index contributed by atoms with van der Waals surface area (Å²) < 4.78 is 40.2. The Kier molecular flexibility index (Phi) is 4.41. The Labute approximate surface area is 120 Å². The Bertz CT molecular complexity index is 566. The van der Waals surface area contributed by atoms with Gasteiger partial charge < -0.3 is 15.7 Å². The molecule has 2 atom stereocenters. The van der Waals surface area contributed by atoms with Crippen molar-refractivity contribution in [1.82, 2.24) is 4.90 Å². The largest absolute Gasteiger partial charge is 0.503 e. The van der Waals surface area contributed by atoms with Gasteiger partial charge in [-0.3, -0.25) is 4.79 Å². The molecule has 0 aliphatic carbocycles. The summed E-state index contributed by atoms with van der Waals surface area (Å²) in [6, 6.07) is 0.189. The molecule has 3 N–H and O–H groups in total. The van der Waals surface area contributed by atoms with Crippen LogP contribution in [0.1, 0.15) is 30.1 Å². The predicted molar refractivity (Wildman–Crippen MR) is 70.3 cm³/mol. The molecule has 2 rings (SSSR count). The zero-order valence-corrected chi connectivity index (χ0v) is 11.6. The maximum atomic E-state index is 13.8. The average molecular weight is 302 g/mol. The summed E-state index contributed by atoms with van der Waals surface area (Å²) in [6.45, 7) is 2.59. The first-order valence-electron chi connectivity index (χ1n) is 6.74. The fourth-order valence-electron chi connectivity index (χ4n) is 2.64. The van der Waals surface area contributed by atoms with Gasteiger partial charge in [0.25, 0.3) is 5.91 Å². The number of rotatable bonds is 2. The Hall–Kier alpha value is -1.76. The molecule has 0 bridgehead atoms. The molecule has 7 heteroatoms. The topological polar surface area (TPSA) is 66.6 Å². The van der Waals surface area contributed by atoms with Crippen LogP contribution in [0.3, 0.4) is 0 Å². The monoisotopic (exact) mass is 302 g/mol. The SMILES string of the molecule is CC1CCN(C(=O)c2cc(F)c(F)c(O)c2F)C(CN)C1. The highest BCUT2D eigenvalue weighted by Gasteiger charge is 2.32. The van der Waals surface area contributed by atoms with Crippen LogP contribution in [0.25, 0.3) is 0 Å². The second kappa shape index (κ2) is 5.93. The first-order valence-corrected chi connectivity index (χ1v) is 6.74. The third kappa shape index (κ3) is 2.83. The van der Waals surface area contributed by atoms with Crippen LogP contribution in [-0.2, 0) is 0 Å². The molecule has 1 aromatic carbocycles. The lowest BCUT2D eigenvalue weighted by molar-refractivity contribution is 0.0567. The van der Waals surface area contributed by atoms with Crippen molar-refractivity contribution in [3.05, 3.63) is 29.1 Å². The third-order valence-corrected chi connectivity index (χ3v) is 3.87. The fourth-order valence-corrected chi connectivity index (χ4v) is 2.64.